The molecule has 5 nitrogen and oxygen atoms in total. The molecule has 15 heavy (non-hydrogen) atoms. The van der Waals surface area contributed by atoms with Crippen LogP contribution in [0.15, 0.2) is 0 Å². The Labute approximate surface area is 89.1 Å². The first-order valence-corrected chi connectivity index (χ1v) is 4.96. The van der Waals surface area contributed by atoms with E-state index in [9.17, 15) is 9.59 Å². The zero-order valence-corrected chi connectivity index (χ0v) is 9.49. The van der Waals surface area contributed by atoms with Gasteiger partial charge in [-0.15, -0.1) is 0 Å². The van der Waals surface area contributed by atoms with Crippen molar-refractivity contribution in [2.75, 3.05) is 6.61 Å². The first-order valence-electron chi connectivity index (χ1n) is 4.96. The van der Waals surface area contributed by atoms with Crippen LogP contribution in [-0.4, -0.2) is 30.3 Å². The second-order valence-corrected chi connectivity index (χ2v) is 4.73. The molecule has 0 aliphatic carbocycles. The van der Waals surface area contributed by atoms with E-state index in [2.05, 4.69) is 5.32 Å². The van der Waals surface area contributed by atoms with Crippen molar-refractivity contribution in [1.29, 1.82) is 0 Å². The van der Waals surface area contributed by atoms with Gasteiger partial charge < -0.3 is 14.8 Å². The second-order valence-electron chi connectivity index (χ2n) is 4.73. The predicted octanol–water partition coefficient (Wildman–Crippen LogP) is 1.07. The Kier molecular flexibility index (Phi) is 3.21. The van der Waals surface area contributed by atoms with Crippen LogP contribution in [0, 0.1) is 5.92 Å². The summed E-state index contributed by atoms with van der Waals surface area (Å²) < 4.78 is 9.84. The van der Waals surface area contributed by atoms with Gasteiger partial charge in [-0.25, -0.2) is 9.59 Å². The van der Waals surface area contributed by atoms with E-state index in [1.807, 2.05) is 6.92 Å². The molecule has 0 aromatic carbocycles. The van der Waals surface area contributed by atoms with Crippen molar-refractivity contribution in [3.05, 3.63) is 0 Å². The minimum atomic E-state index is -0.585. The Morgan fingerprint density at radius 3 is 2.53 bits per heavy atom. The molecule has 1 amide bonds. The molecular formula is C10H17NO4. The summed E-state index contributed by atoms with van der Waals surface area (Å²) in [6, 6.07) is -0.583. The van der Waals surface area contributed by atoms with E-state index in [0.29, 0.717) is 6.61 Å². The van der Waals surface area contributed by atoms with Crippen LogP contribution in [0.25, 0.3) is 0 Å². The quantitative estimate of drug-likeness (QED) is 0.664. The maximum absolute atomic E-state index is 11.4. The highest BCUT2D eigenvalue weighted by atomic mass is 16.6. The van der Waals surface area contributed by atoms with Crippen LogP contribution in [0.1, 0.15) is 27.7 Å². The summed E-state index contributed by atoms with van der Waals surface area (Å²) in [5.41, 5.74) is -0.560. The Balaban J connectivity index is 2.48. The van der Waals surface area contributed by atoms with Crippen molar-refractivity contribution in [2.24, 2.45) is 5.92 Å². The number of hydrogen-bond acceptors (Lipinski definition) is 4. The summed E-state index contributed by atoms with van der Waals surface area (Å²) in [4.78, 5) is 22.6. The van der Waals surface area contributed by atoms with E-state index in [1.54, 1.807) is 20.8 Å². The Hall–Kier alpha value is -1.26. The topological polar surface area (TPSA) is 64.6 Å². The van der Waals surface area contributed by atoms with Crippen molar-refractivity contribution in [3.8, 4) is 0 Å². The van der Waals surface area contributed by atoms with Gasteiger partial charge in [-0.1, -0.05) is 6.92 Å². The van der Waals surface area contributed by atoms with Gasteiger partial charge in [0.15, 0.2) is 0 Å². The van der Waals surface area contributed by atoms with E-state index >= 15 is 0 Å². The molecule has 0 saturated carbocycles. The van der Waals surface area contributed by atoms with E-state index in [0.717, 1.165) is 0 Å². The van der Waals surface area contributed by atoms with Crippen LogP contribution in [0.3, 0.4) is 0 Å². The van der Waals surface area contributed by atoms with Crippen LogP contribution < -0.4 is 5.32 Å². The van der Waals surface area contributed by atoms with Gasteiger partial charge in [0, 0.05) is 5.92 Å². The number of cyclic esters (lactones) is 1. The molecule has 2 atom stereocenters. The molecule has 0 unspecified atom stereocenters. The number of rotatable bonds is 1. The molecule has 0 aromatic rings. The normalized spacial score (nSPS) is 26.0. The molecule has 1 aliphatic rings. The zero-order valence-electron chi connectivity index (χ0n) is 9.49. The number of carbonyl (C=O) groups is 2. The Morgan fingerprint density at radius 2 is 2.13 bits per heavy atom. The van der Waals surface area contributed by atoms with Crippen molar-refractivity contribution in [1.82, 2.24) is 5.32 Å². The average molecular weight is 215 g/mol. The minimum Gasteiger partial charge on any atom is -0.464 e. The van der Waals surface area contributed by atoms with E-state index in [1.165, 1.54) is 0 Å². The van der Waals surface area contributed by atoms with Crippen molar-refractivity contribution >= 4 is 12.1 Å². The average Bonchev–Trinajstić information content (AvgIpc) is 2.32. The third-order valence-electron chi connectivity index (χ3n) is 1.98. The summed E-state index contributed by atoms with van der Waals surface area (Å²) in [7, 11) is 0. The fraction of sp³-hybridized carbons (Fsp3) is 0.800. The monoisotopic (exact) mass is 215 g/mol. The van der Waals surface area contributed by atoms with Crippen LogP contribution in [0.2, 0.25) is 0 Å². The molecule has 86 valence electrons. The van der Waals surface area contributed by atoms with Gasteiger partial charge in [-0.2, -0.15) is 0 Å². The molecular weight excluding hydrogens is 198 g/mol. The first kappa shape index (κ1) is 11.8. The molecule has 0 aromatic heterocycles. The summed E-state index contributed by atoms with van der Waals surface area (Å²) >= 11 is 0. The number of ether oxygens (including phenoxy) is 2. The molecule has 1 fully saturated rings. The number of esters is 1. The van der Waals surface area contributed by atoms with Crippen LogP contribution >= 0.6 is 0 Å². The molecule has 5 heteroatoms. The van der Waals surface area contributed by atoms with Gasteiger partial charge in [-0.3, -0.25) is 0 Å². The summed E-state index contributed by atoms with van der Waals surface area (Å²) in [6.45, 7) is 7.49. The molecule has 1 N–H and O–H groups in total. The molecule has 0 radical (unpaired) electrons. The fourth-order valence-corrected chi connectivity index (χ4v) is 1.27. The number of nitrogens with one attached hydrogen (secondary N) is 1. The number of amides is 1. The molecule has 0 spiro atoms. The number of carbonyl (C=O) groups excluding carboxylic acids is 2. The minimum absolute atomic E-state index is 0.00924. The van der Waals surface area contributed by atoms with Gasteiger partial charge in [0.2, 0.25) is 0 Å². The summed E-state index contributed by atoms with van der Waals surface area (Å²) in [5, 5.41) is 2.50. The largest absolute Gasteiger partial charge is 0.464 e. The predicted molar refractivity (Wildman–Crippen MR) is 53.3 cm³/mol. The second kappa shape index (κ2) is 4.08. The lowest BCUT2D eigenvalue weighted by Crippen LogP contribution is -2.44. The van der Waals surface area contributed by atoms with Gasteiger partial charge in [0.05, 0.1) is 6.61 Å². The van der Waals surface area contributed by atoms with Crippen molar-refractivity contribution < 1.29 is 19.1 Å². The molecule has 1 aliphatic heterocycles. The van der Waals surface area contributed by atoms with Crippen LogP contribution in [-0.2, 0) is 14.3 Å². The molecule has 1 heterocycles. The lowest BCUT2D eigenvalue weighted by atomic mass is 10.1. The SMILES string of the molecule is C[C@@H]1COC(=O)[C@@H]1NC(=O)OC(C)(C)C. The maximum Gasteiger partial charge on any atom is 0.408 e. The van der Waals surface area contributed by atoms with E-state index in [-0.39, 0.29) is 5.92 Å². The number of alkyl carbamates (subject to hydrolysis) is 1. The van der Waals surface area contributed by atoms with E-state index < -0.39 is 23.7 Å². The van der Waals surface area contributed by atoms with Crippen LogP contribution in [0.4, 0.5) is 4.79 Å². The Bertz CT molecular complexity index is 269. The highest BCUT2D eigenvalue weighted by Gasteiger charge is 2.35. The van der Waals surface area contributed by atoms with E-state index in [4.69, 9.17) is 9.47 Å². The lowest BCUT2D eigenvalue weighted by molar-refractivity contribution is -0.139. The van der Waals surface area contributed by atoms with Crippen LogP contribution in [0.5, 0.6) is 0 Å². The van der Waals surface area contributed by atoms with Crippen molar-refractivity contribution in [2.45, 2.75) is 39.3 Å². The zero-order chi connectivity index (χ0) is 11.6. The Morgan fingerprint density at radius 1 is 1.53 bits per heavy atom. The van der Waals surface area contributed by atoms with Gasteiger partial charge in [0.1, 0.15) is 11.6 Å². The maximum atomic E-state index is 11.4. The van der Waals surface area contributed by atoms with Gasteiger partial charge in [0.25, 0.3) is 0 Å². The smallest absolute Gasteiger partial charge is 0.408 e. The summed E-state index contributed by atoms with van der Waals surface area (Å²) in [6.07, 6.45) is -0.585. The highest BCUT2D eigenvalue weighted by molar-refractivity contribution is 5.83. The lowest BCUT2D eigenvalue weighted by Gasteiger charge is -2.21. The summed E-state index contributed by atoms with van der Waals surface area (Å²) in [5.74, 6) is -0.404. The fourth-order valence-electron chi connectivity index (χ4n) is 1.27. The highest BCUT2D eigenvalue weighted by Crippen LogP contribution is 2.15. The van der Waals surface area contributed by atoms with Gasteiger partial charge >= 0.3 is 12.1 Å². The third-order valence-corrected chi connectivity index (χ3v) is 1.98. The number of hydrogen-bond donors (Lipinski definition) is 1. The standard InChI is InChI=1S/C10H17NO4/c1-6-5-14-8(12)7(6)11-9(13)15-10(2,3)4/h6-7H,5H2,1-4H3,(H,11,13)/t6-,7-/m1/s1. The van der Waals surface area contributed by atoms with Crippen molar-refractivity contribution in [3.63, 3.8) is 0 Å². The van der Waals surface area contributed by atoms with Gasteiger partial charge in [-0.05, 0) is 20.8 Å². The first-order chi connectivity index (χ1) is 6.79. The molecule has 1 rings (SSSR count). The molecule has 1 saturated heterocycles. The third kappa shape index (κ3) is 3.42. The molecule has 0 bridgehead atoms.